The van der Waals surface area contributed by atoms with Gasteiger partial charge in [0.2, 0.25) is 0 Å². The Bertz CT molecular complexity index is 500. The van der Waals surface area contributed by atoms with Crippen LogP contribution in [0, 0.1) is 0 Å². The average molecular weight is 240 g/mol. The van der Waals surface area contributed by atoms with E-state index in [0.29, 0.717) is 0 Å². The Morgan fingerprint density at radius 1 is 0.944 bits per heavy atom. The van der Waals surface area contributed by atoms with Gasteiger partial charge in [-0.25, -0.2) is 0 Å². The van der Waals surface area contributed by atoms with Crippen molar-refractivity contribution in [3.05, 3.63) is 71.3 Å². The van der Waals surface area contributed by atoms with Crippen molar-refractivity contribution in [1.82, 2.24) is 0 Å². The molecule has 0 fully saturated rings. The normalized spacial score (nSPS) is 14.2. The zero-order valence-corrected chi connectivity index (χ0v) is 11.1. The molecular weight excluding hydrogens is 220 g/mol. The fraction of sp³-hybridized carbons (Fsp3) is 0.294. The van der Waals surface area contributed by atoms with Gasteiger partial charge >= 0.3 is 0 Å². The monoisotopic (exact) mass is 240 g/mol. The summed E-state index contributed by atoms with van der Waals surface area (Å²) in [6.07, 6.45) is 2.18. The van der Waals surface area contributed by atoms with Crippen LogP contribution in [0.5, 0.6) is 0 Å². The highest BCUT2D eigenvalue weighted by molar-refractivity contribution is 5.37. The van der Waals surface area contributed by atoms with Crippen LogP contribution in [-0.2, 0) is 12.0 Å². The molecule has 0 heterocycles. The van der Waals surface area contributed by atoms with Crippen LogP contribution < -0.4 is 0 Å². The van der Waals surface area contributed by atoms with Crippen LogP contribution in [0.3, 0.4) is 0 Å². The number of hydrogen-bond donors (Lipinski definition) is 1. The molecule has 0 aromatic heterocycles. The molecule has 2 rings (SSSR count). The molecular formula is C17H20O. The molecule has 2 aromatic carbocycles. The van der Waals surface area contributed by atoms with Gasteiger partial charge in [-0.15, -0.1) is 0 Å². The number of aryl methyl sites for hydroxylation is 1. The van der Waals surface area contributed by atoms with Crippen LogP contribution in [0.2, 0.25) is 0 Å². The summed E-state index contributed by atoms with van der Waals surface area (Å²) in [4.78, 5) is 0. The molecule has 0 aliphatic heterocycles. The van der Waals surface area contributed by atoms with Crippen molar-refractivity contribution in [3.63, 3.8) is 0 Å². The highest BCUT2D eigenvalue weighted by atomic mass is 16.3. The van der Waals surface area contributed by atoms with Crippen molar-refractivity contribution in [1.29, 1.82) is 0 Å². The predicted molar refractivity (Wildman–Crippen MR) is 75.6 cm³/mol. The van der Waals surface area contributed by atoms with Crippen molar-refractivity contribution in [2.45, 2.75) is 32.3 Å². The molecule has 0 spiro atoms. The van der Waals surface area contributed by atoms with Gasteiger partial charge in [0, 0.05) is 0 Å². The Balaban J connectivity index is 2.38. The van der Waals surface area contributed by atoms with Crippen LogP contribution in [0.1, 0.15) is 37.0 Å². The van der Waals surface area contributed by atoms with Crippen LogP contribution in [0.15, 0.2) is 54.6 Å². The molecule has 0 aliphatic rings. The molecule has 0 amide bonds. The maximum absolute atomic E-state index is 10.7. The average Bonchev–Trinajstić information content (AvgIpc) is 2.40. The summed E-state index contributed by atoms with van der Waals surface area (Å²) in [6, 6.07) is 18.1. The summed E-state index contributed by atoms with van der Waals surface area (Å²) in [5.74, 6) is 0. The van der Waals surface area contributed by atoms with Gasteiger partial charge in [-0.1, -0.05) is 67.9 Å². The van der Waals surface area contributed by atoms with E-state index in [4.69, 9.17) is 0 Å². The number of hydrogen-bond acceptors (Lipinski definition) is 1. The van der Waals surface area contributed by atoms with E-state index in [9.17, 15) is 5.11 Å². The fourth-order valence-corrected chi connectivity index (χ4v) is 2.25. The Hall–Kier alpha value is -1.60. The van der Waals surface area contributed by atoms with Gasteiger partial charge in [0.25, 0.3) is 0 Å². The molecule has 0 saturated carbocycles. The lowest BCUT2D eigenvalue weighted by atomic mass is 9.87. The van der Waals surface area contributed by atoms with Crippen LogP contribution in [0.25, 0.3) is 0 Å². The van der Waals surface area contributed by atoms with Crippen LogP contribution in [-0.4, -0.2) is 5.11 Å². The lowest BCUT2D eigenvalue weighted by molar-refractivity contribution is 0.102. The van der Waals surface area contributed by atoms with E-state index in [2.05, 4.69) is 19.1 Å². The molecule has 1 N–H and O–H groups in total. The van der Waals surface area contributed by atoms with Gasteiger partial charge in [0.1, 0.15) is 5.60 Å². The predicted octanol–water partition coefficient (Wildman–Crippen LogP) is 3.89. The summed E-state index contributed by atoms with van der Waals surface area (Å²) < 4.78 is 0. The Morgan fingerprint density at radius 2 is 1.61 bits per heavy atom. The van der Waals surface area contributed by atoms with Crippen molar-refractivity contribution in [3.8, 4) is 0 Å². The van der Waals surface area contributed by atoms with Gasteiger partial charge in [-0.2, -0.15) is 0 Å². The lowest BCUT2D eigenvalue weighted by Gasteiger charge is -2.25. The molecule has 18 heavy (non-hydrogen) atoms. The van der Waals surface area contributed by atoms with Crippen molar-refractivity contribution in [2.24, 2.45) is 0 Å². The molecule has 94 valence electrons. The molecule has 1 nitrogen and oxygen atoms in total. The van der Waals surface area contributed by atoms with E-state index in [1.54, 1.807) is 0 Å². The van der Waals surface area contributed by atoms with E-state index in [1.165, 1.54) is 5.56 Å². The zero-order valence-electron chi connectivity index (χ0n) is 11.1. The van der Waals surface area contributed by atoms with Crippen molar-refractivity contribution < 1.29 is 5.11 Å². The largest absolute Gasteiger partial charge is 0.381 e. The summed E-state index contributed by atoms with van der Waals surface area (Å²) in [7, 11) is 0. The van der Waals surface area contributed by atoms with E-state index in [1.807, 2.05) is 49.4 Å². The molecule has 1 atom stereocenters. The minimum Gasteiger partial charge on any atom is -0.381 e. The Labute approximate surface area is 109 Å². The number of benzene rings is 2. The SMILES string of the molecule is CCCc1cccc(C(C)(O)c2ccccc2)c1. The first-order chi connectivity index (χ1) is 8.64. The maximum atomic E-state index is 10.7. The van der Waals surface area contributed by atoms with Gasteiger partial charge < -0.3 is 5.11 Å². The van der Waals surface area contributed by atoms with Crippen molar-refractivity contribution in [2.75, 3.05) is 0 Å². The highest BCUT2D eigenvalue weighted by Gasteiger charge is 2.25. The molecule has 1 heteroatoms. The minimum absolute atomic E-state index is 0.926. The third-order valence-corrected chi connectivity index (χ3v) is 3.36. The van der Waals surface area contributed by atoms with E-state index < -0.39 is 5.60 Å². The molecule has 0 aliphatic carbocycles. The third kappa shape index (κ3) is 2.62. The Kier molecular flexibility index (Phi) is 3.83. The Morgan fingerprint density at radius 3 is 2.28 bits per heavy atom. The standard InChI is InChI=1S/C17H20O/c1-3-8-14-9-7-12-16(13-14)17(2,18)15-10-5-4-6-11-15/h4-7,9-13,18H,3,8H2,1-2H3. The molecule has 0 radical (unpaired) electrons. The van der Waals surface area contributed by atoms with Gasteiger partial charge in [0.05, 0.1) is 0 Å². The summed E-state index contributed by atoms with van der Waals surface area (Å²) in [6.45, 7) is 4.02. The minimum atomic E-state index is -0.926. The fourth-order valence-electron chi connectivity index (χ4n) is 2.25. The number of rotatable bonds is 4. The van der Waals surface area contributed by atoms with Crippen LogP contribution in [0.4, 0.5) is 0 Å². The molecule has 1 unspecified atom stereocenters. The maximum Gasteiger partial charge on any atom is 0.112 e. The summed E-state index contributed by atoms with van der Waals surface area (Å²) in [5, 5.41) is 10.7. The highest BCUT2D eigenvalue weighted by Crippen LogP contribution is 2.29. The summed E-state index contributed by atoms with van der Waals surface area (Å²) in [5.41, 5.74) is 2.25. The second-order valence-electron chi connectivity index (χ2n) is 4.89. The van der Waals surface area contributed by atoms with Crippen LogP contribution >= 0.6 is 0 Å². The molecule has 2 aromatic rings. The first kappa shape index (κ1) is 12.8. The lowest BCUT2D eigenvalue weighted by Crippen LogP contribution is -2.22. The topological polar surface area (TPSA) is 20.2 Å². The summed E-state index contributed by atoms with van der Waals surface area (Å²) >= 11 is 0. The smallest absolute Gasteiger partial charge is 0.112 e. The second kappa shape index (κ2) is 5.36. The first-order valence-electron chi connectivity index (χ1n) is 6.52. The third-order valence-electron chi connectivity index (χ3n) is 3.36. The second-order valence-corrected chi connectivity index (χ2v) is 4.89. The molecule has 0 bridgehead atoms. The number of aliphatic hydroxyl groups is 1. The first-order valence-corrected chi connectivity index (χ1v) is 6.52. The van der Waals surface area contributed by atoms with E-state index >= 15 is 0 Å². The molecule has 0 saturated heterocycles. The van der Waals surface area contributed by atoms with Gasteiger partial charge in [-0.05, 0) is 30.0 Å². The van der Waals surface area contributed by atoms with Gasteiger partial charge in [0.15, 0.2) is 0 Å². The van der Waals surface area contributed by atoms with Crippen molar-refractivity contribution >= 4 is 0 Å². The zero-order chi connectivity index (χ0) is 13.0. The van der Waals surface area contributed by atoms with Gasteiger partial charge in [-0.3, -0.25) is 0 Å². The van der Waals surface area contributed by atoms with E-state index in [-0.39, 0.29) is 0 Å². The quantitative estimate of drug-likeness (QED) is 0.859. The van der Waals surface area contributed by atoms with E-state index in [0.717, 1.165) is 24.0 Å².